The lowest BCUT2D eigenvalue weighted by atomic mass is 10.1. The summed E-state index contributed by atoms with van der Waals surface area (Å²) in [5, 5.41) is 19.3. The SMILES string of the molecule is CC(C)CCN([C@H](CO)CCCCOCc1ccccc1)S(=O)(=O)c1ccc(CO)cc1. The second-order valence-electron chi connectivity index (χ2n) is 8.47. The normalized spacial score (nSPS) is 13.1. The van der Waals surface area contributed by atoms with E-state index in [0.29, 0.717) is 44.1 Å². The molecule has 7 heteroatoms. The molecule has 0 heterocycles. The number of nitrogens with zero attached hydrogens (tertiary/aromatic N) is 1. The lowest BCUT2D eigenvalue weighted by Crippen LogP contribution is -2.43. The predicted molar refractivity (Wildman–Crippen MR) is 127 cm³/mol. The summed E-state index contributed by atoms with van der Waals surface area (Å²) in [5.74, 6) is 0.343. The minimum atomic E-state index is -3.76. The third-order valence-electron chi connectivity index (χ3n) is 5.44. The van der Waals surface area contributed by atoms with Crippen molar-refractivity contribution in [2.75, 3.05) is 19.8 Å². The highest BCUT2D eigenvalue weighted by Gasteiger charge is 2.30. The Balaban J connectivity index is 1.97. The molecule has 6 nitrogen and oxygen atoms in total. The number of ether oxygens (including phenoxy) is 1. The first-order valence-corrected chi connectivity index (χ1v) is 12.8. The molecular weight excluding hydrogens is 426 g/mol. The first-order chi connectivity index (χ1) is 15.4. The average molecular weight is 464 g/mol. The average Bonchev–Trinajstić information content (AvgIpc) is 2.80. The van der Waals surface area contributed by atoms with Crippen LogP contribution >= 0.6 is 0 Å². The fourth-order valence-corrected chi connectivity index (χ4v) is 5.12. The minimum Gasteiger partial charge on any atom is -0.395 e. The molecule has 0 bridgehead atoms. The van der Waals surface area contributed by atoms with Gasteiger partial charge in [-0.15, -0.1) is 0 Å². The Bertz CT molecular complexity index is 869. The molecule has 0 aromatic heterocycles. The van der Waals surface area contributed by atoms with Crippen LogP contribution < -0.4 is 0 Å². The van der Waals surface area contributed by atoms with Gasteiger partial charge in [-0.2, -0.15) is 4.31 Å². The molecule has 2 aromatic carbocycles. The molecule has 2 rings (SSSR count). The van der Waals surface area contributed by atoms with Crippen molar-refractivity contribution in [3.05, 3.63) is 65.7 Å². The number of hydrogen-bond acceptors (Lipinski definition) is 5. The monoisotopic (exact) mass is 463 g/mol. The first-order valence-electron chi connectivity index (χ1n) is 11.3. The minimum absolute atomic E-state index is 0.136. The van der Waals surface area contributed by atoms with Gasteiger partial charge in [0.05, 0.1) is 24.7 Å². The van der Waals surface area contributed by atoms with E-state index in [4.69, 9.17) is 4.74 Å². The van der Waals surface area contributed by atoms with Crippen molar-refractivity contribution in [3.8, 4) is 0 Å². The molecule has 178 valence electrons. The van der Waals surface area contributed by atoms with E-state index in [1.165, 1.54) is 16.4 Å². The number of benzene rings is 2. The number of aliphatic hydroxyl groups excluding tert-OH is 2. The van der Waals surface area contributed by atoms with Crippen LogP contribution in [0.15, 0.2) is 59.5 Å². The number of hydrogen-bond donors (Lipinski definition) is 2. The number of aliphatic hydroxyl groups is 2. The molecule has 0 fully saturated rings. The maximum absolute atomic E-state index is 13.4. The van der Waals surface area contributed by atoms with E-state index < -0.39 is 16.1 Å². The van der Waals surface area contributed by atoms with Crippen molar-refractivity contribution in [2.24, 2.45) is 5.92 Å². The van der Waals surface area contributed by atoms with Gasteiger partial charge in [-0.05, 0) is 54.9 Å². The zero-order valence-electron chi connectivity index (χ0n) is 19.2. The summed E-state index contributed by atoms with van der Waals surface area (Å²) in [6.07, 6.45) is 2.84. The maximum Gasteiger partial charge on any atom is 0.243 e. The highest BCUT2D eigenvalue weighted by molar-refractivity contribution is 7.89. The Labute approximate surface area is 192 Å². The maximum atomic E-state index is 13.4. The zero-order chi connectivity index (χ0) is 23.4. The van der Waals surface area contributed by atoms with Crippen molar-refractivity contribution < 1.29 is 23.4 Å². The van der Waals surface area contributed by atoms with Gasteiger partial charge >= 0.3 is 0 Å². The van der Waals surface area contributed by atoms with Gasteiger partial charge in [-0.25, -0.2) is 8.42 Å². The fraction of sp³-hybridized carbons (Fsp3) is 0.520. The van der Waals surface area contributed by atoms with E-state index in [9.17, 15) is 18.6 Å². The van der Waals surface area contributed by atoms with Gasteiger partial charge in [0.15, 0.2) is 0 Å². The summed E-state index contributed by atoms with van der Waals surface area (Å²) in [4.78, 5) is 0.183. The first kappa shape index (κ1) is 26.5. The molecule has 1 atom stereocenters. The van der Waals surface area contributed by atoms with Gasteiger partial charge in [-0.1, -0.05) is 56.3 Å². The molecule has 0 aliphatic rings. The van der Waals surface area contributed by atoms with Crippen molar-refractivity contribution in [3.63, 3.8) is 0 Å². The number of unbranched alkanes of at least 4 members (excludes halogenated alkanes) is 1. The molecule has 2 aromatic rings. The highest BCUT2D eigenvalue weighted by atomic mass is 32.2. The molecular formula is C25H37NO5S. The fourth-order valence-electron chi connectivity index (χ4n) is 3.46. The Kier molecular flexibility index (Phi) is 11.3. The molecule has 0 saturated carbocycles. The van der Waals surface area contributed by atoms with Gasteiger partial charge in [0.25, 0.3) is 0 Å². The van der Waals surface area contributed by atoms with Crippen LogP contribution in [-0.2, 0) is 28.0 Å². The summed E-state index contributed by atoms with van der Waals surface area (Å²) in [5.41, 5.74) is 1.78. The zero-order valence-corrected chi connectivity index (χ0v) is 20.0. The van der Waals surface area contributed by atoms with E-state index >= 15 is 0 Å². The molecule has 32 heavy (non-hydrogen) atoms. The lowest BCUT2D eigenvalue weighted by Gasteiger charge is -2.30. The highest BCUT2D eigenvalue weighted by Crippen LogP contribution is 2.23. The van der Waals surface area contributed by atoms with Crippen molar-refractivity contribution in [1.29, 1.82) is 0 Å². The van der Waals surface area contributed by atoms with E-state index in [-0.39, 0.29) is 18.1 Å². The third kappa shape index (κ3) is 8.30. The van der Waals surface area contributed by atoms with Gasteiger partial charge in [0.2, 0.25) is 10.0 Å². The number of rotatable bonds is 15. The second-order valence-corrected chi connectivity index (χ2v) is 10.4. The molecule has 0 aliphatic carbocycles. The van der Waals surface area contributed by atoms with E-state index in [0.717, 1.165) is 18.4 Å². The van der Waals surface area contributed by atoms with Crippen LogP contribution in [-0.4, -0.2) is 48.7 Å². The van der Waals surface area contributed by atoms with Crippen LogP contribution in [0, 0.1) is 5.92 Å². The smallest absolute Gasteiger partial charge is 0.243 e. The Morgan fingerprint density at radius 1 is 0.906 bits per heavy atom. The van der Waals surface area contributed by atoms with Crippen LogP contribution in [0.5, 0.6) is 0 Å². The van der Waals surface area contributed by atoms with Crippen LogP contribution in [0.3, 0.4) is 0 Å². The lowest BCUT2D eigenvalue weighted by molar-refractivity contribution is 0.112. The Morgan fingerprint density at radius 2 is 1.59 bits per heavy atom. The summed E-state index contributed by atoms with van der Waals surface area (Å²) >= 11 is 0. The Morgan fingerprint density at radius 3 is 2.19 bits per heavy atom. The number of sulfonamides is 1. The van der Waals surface area contributed by atoms with Gasteiger partial charge < -0.3 is 14.9 Å². The van der Waals surface area contributed by atoms with Gasteiger partial charge in [-0.3, -0.25) is 0 Å². The molecule has 2 N–H and O–H groups in total. The second kappa shape index (κ2) is 13.7. The van der Waals surface area contributed by atoms with Crippen molar-refractivity contribution in [1.82, 2.24) is 4.31 Å². The summed E-state index contributed by atoms with van der Waals surface area (Å²) in [6.45, 7) is 5.26. The topological polar surface area (TPSA) is 87.1 Å². The quantitative estimate of drug-likeness (QED) is 0.390. The summed E-state index contributed by atoms with van der Waals surface area (Å²) in [6, 6.07) is 15.8. The largest absolute Gasteiger partial charge is 0.395 e. The van der Waals surface area contributed by atoms with Crippen LogP contribution in [0.1, 0.15) is 50.7 Å². The molecule has 0 amide bonds. The van der Waals surface area contributed by atoms with E-state index in [1.54, 1.807) is 12.1 Å². The molecule has 0 radical (unpaired) electrons. The standard InChI is InChI=1S/C25H37NO5S/c1-21(2)15-16-26(32(29,30)25-13-11-22(18-27)12-14-25)24(19-28)10-6-7-17-31-20-23-8-4-3-5-9-23/h3-5,8-9,11-14,21,24,27-28H,6-7,10,15-20H2,1-2H3/t24-/m0/s1. The third-order valence-corrected chi connectivity index (χ3v) is 7.41. The van der Waals surface area contributed by atoms with Crippen LogP contribution in [0.2, 0.25) is 0 Å². The van der Waals surface area contributed by atoms with Gasteiger partial charge in [0.1, 0.15) is 0 Å². The predicted octanol–water partition coefficient (Wildman–Crippen LogP) is 3.96. The van der Waals surface area contributed by atoms with Crippen molar-refractivity contribution in [2.45, 2.75) is 63.7 Å². The molecule has 0 aliphatic heterocycles. The van der Waals surface area contributed by atoms with Crippen LogP contribution in [0.25, 0.3) is 0 Å². The van der Waals surface area contributed by atoms with Crippen LogP contribution in [0.4, 0.5) is 0 Å². The molecule has 0 saturated heterocycles. The summed E-state index contributed by atoms with van der Waals surface area (Å²) in [7, 11) is -3.76. The summed E-state index contributed by atoms with van der Waals surface area (Å²) < 4.78 is 33.9. The molecule has 0 spiro atoms. The Hall–Kier alpha value is -1.77. The van der Waals surface area contributed by atoms with Crippen molar-refractivity contribution >= 4 is 10.0 Å². The molecule has 0 unspecified atom stereocenters. The van der Waals surface area contributed by atoms with E-state index in [2.05, 4.69) is 13.8 Å². The van der Waals surface area contributed by atoms with E-state index in [1.807, 2.05) is 30.3 Å². The van der Waals surface area contributed by atoms with Gasteiger partial charge in [0, 0.05) is 19.2 Å².